The van der Waals surface area contributed by atoms with E-state index in [9.17, 15) is 14.4 Å². The van der Waals surface area contributed by atoms with E-state index >= 15 is 0 Å². The molecule has 0 saturated heterocycles. The van der Waals surface area contributed by atoms with Crippen LogP contribution in [-0.4, -0.2) is 53.7 Å². The van der Waals surface area contributed by atoms with E-state index in [2.05, 4.69) is 53.8 Å². The van der Waals surface area contributed by atoms with Crippen LogP contribution in [0.1, 0.15) is 139 Å². The highest BCUT2D eigenvalue weighted by atomic mass is 16.5. The predicted octanol–water partition coefficient (Wildman–Crippen LogP) is 10.9. The van der Waals surface area contributed by atoms with Crippen LogP contribution in [0.25, 0.3) is 21.5 Å². The molecule has 58 heavy (non-hydrogen) atoms. The van der Waals surface area contributed by atoms with E-state index in [1.54, 1.807) is 0 Å². The van der Waals surface area contributed by atoms with Crippen molar-refractivity contribution >= 4 is 39.8 Å². The van der Waals surface area contributed by atoms with Crippen LogP contribution in [0.3, 0.4) is 0 Å². The summed E-state index contributed by atoms with van der Waals surface area (Å²) in [6, 6.07) is 24.8. The summed E-state index contributed by atoms with van der Waals surface area (Å²) in [7, 11) is 0. The average Bonchev–Trinajstić information content (AvgIpc) is 3.88. The van der Waals surface area contributed by atoms with Gasteiger partial charge in [0.2, 0.25) is 0 Å². The summed E-state index contributed by atoms with van der Waals surface area (Å²) in [5.74, 6) is 0.336. The molecule has 8 rings (SSSR count). The molecule has 0 unspecified atom stereocenters. The summed E-state index contributed by atoms with van der Waals surface area (Å²) >= 11 is 0. The molecule has 0 amide bonds. The number of ether oxygens (including phenoxy) is 2. The molecular weight excluding hydrogens is 729 g/mol. The maximum Gasteiger partial charge on any atom is 0.304 e. The molecule has 4 aliphatic carbocycles. The zero-order chi connectivity index (χ0) is 40.1. The van der Waals surface area contributed by atoms with Crippen molar-refractivity contribution in [3.8, 4) is 11.5 Å². The van der Waals surface area contributed by atoms with E-state index in [1.165, 1.54) is 119 Å². The second-order valence-electron chi connectivity index (χ2n) is 17.0. The first-order valence-corrected chi connectivity index (χ1v) is 21.3. The molecule has 0 bridgehead atoms. The van der Waals surface area contributed by atoms with Crippen LogP contribution in [0.5, 0.6) is 11.5 Å². The molecule has 0 aliphatic heterocycles. The molecule has 4 aliphatic rings. The molecule has 4 saturated carbocycles. The number of carbonyl (C=O) groups is 3. The average molecular weight is 795 g/mol. The van der Waals surface area contributed by atoms with Gasteiger partial charge >= 0.3 is 11.9 Å². The van der Waals surface area contributed by atoms with E-state index in [0.717, 1.165) is 34.1 Å². The van der Waals surface area contributed by atoms with Gasteiger partial charge in [-0.2, -0.15) is 0 Å². The van der Waals surface area contributed by atoms with Gasteiger partial charge in [0.15, 0.2) is 0 Å². The maximum absolute atomic E-state index is 10.9. The lowest BCUT2D eigenvalue weighted by molar-refractivity contribution is -0.137. The molecule has 4 fully saturated rings. The highest BCUT2D eigenvalue weighted by Crippen LogP contribution is 2.50. The largest absolute Gasteiger partial charge is 0.490 e. The Hall–Kier alpha value is -4.47. The normalized spacial score (nSPS) is 19.4. The number of nitrogens with two attached hydrogens (primary N) is 1. The first-order chi connectivity index (χ1) is 27.6. The molecule has 0 aromatic heterocycles. The number of carboxylic acids is 2. The van der Waals surface area contributed by atoms with Crippen molar-refractivity contribution in [1.82, 2.24) is 5.32 Å². The van der Waals surface area contributed by atoms with Crippen LogP contribution in [0.4, 0.5) is 0 Å². The number of aldehydes is 1. The molecule has 5 N–H and O–H groups in total. The molecule has 4 aromatic carbocycles. The van der Waals surface area contributed by atoms with Crippen LogP contribution in [0.2, 0.25) is 0 Å². The third-order valence-electron chi connectivity index (χ3n) is 13.0. The van der Waals surface area contributed by atoms with Gasteiger partial charge in [0.05, 0.1) is 25.0 Å². The van der Waals surface area contributed by atoms with Gasteiger partial charge in [-0.15, -0.1) is 0 Å². The number of carbonyl (C=O) groups excluding carboxylic acids is 1. The molecule has 2 spiro atoms. The Morgan fingerprint density at radius 1 is 0.638 bits per heavy atom. The van der Waals surface area contributed by atoms with Gasteiger partial charge in [0.25, 0.3) is 0 Å². The quantitative estimate of drug-likeness (QED) is 0.0812. The minimum atomic E-state index is -0.836. The molecule has 0 atom stereocenters. The number of fused-ring (bicyclic) bond motifs is 2. The van der Waals surface area contributed by atoms with Crippen LogP contribution in [0.15, 0.2) is 72.8 Å². The smallest absolute Gasteiger partial charge is 0.304 e. The molecule has 4 aromatic rings. The van der Waals surface area contributed by atoms with Gasteiger partial charge in [0, 0.05) is 25.2 Å². The topological polar surface area (TPSA) is 148 Å². The zero-order valence-electron chi connectivity index (χ0n) is 33.5. The van der Waals surface area contributed by atoms with Crippen molar-refractivity contribution in [2.75, 3.05) is 13.1 Å². The Morgan fingerprint density at radius 2 is 1.09 bits per heavy atom. The van der Waals surface area contributed by atoms with Crippen molar-refractivity contribution in [3.63, 3.8) is 0 Å². The number of aliphatic carboxylic acids is 2. The lowest BCUT2D eigenvalue weighted by atomic mass is 9.72. The monoisotopic (exact) mass is 794 g/mol. The van der Waals surface area contributed by atoms with Crippen LogP contribution >= 0.6 is 0 Å². The Balaban J connectivity index is 0.000000193. The first-order valence-electron chi connectivity index (χ1n) is 21.3. The molecule has 0 radical (unpaired) electrons. The van der Waals surface area contributed by atoms with E-state index in [1.807, 2.05) is 24.3 Å². The van der Waals surface area contributed by atoms with Gasteiger partial charge < -0.3 is 30.7 Å². The molecule has 9 heteroatoms. The lowest BCUT2D eigenvalue weighted by Gasteiger charge is -2.37. The molecular formula is C49H66N2O7. The summed E-state index contributed by atoms with van der Waals surface area (Å²) in [4.78, 5) is 31.0. The molecule has 0 heterocycles. The Labute approximate surface area is 345 Å². The standard InChI is InChI=1S/C24H31NO3.C21H24O2.C3H7NO2.CH4/c26-23(27)9-14-25-17-18-3-4-20-16-22(6-5-19(20)15-18)28-21-7-12-24(13-8-21)10-1-2-11-24;22-15-16-3-4-18-14-20(6-5-17(18)13-16)23-19-7-11-21(12-8-19)9-1-2-10-21;4-2-1-3(5)6;/h3-6,15-16,21,25H,1-2,7-14,17H2,(H,26,27);3-6,13-15,19H,1-2,7-12H2;1-2,4H2,(H,5,6);1H4. The number of carboxylic acid groups (broad SMARTS) is 2. The SMILES string of the molecule is C.NCCC(=O)O.O=C(O)CCNCc1ccc2cc(OC3CCC4(CCCC4)CC3)ccc2c1.O=Cc1ccc2cc(OC3CCC4(CCCC4)CC3)ccc2c1. The third kappa shape index (κ3) is 12.8. The lowest BCUT2D eigenvalue weighted by Crippen LogP contribution is -2.30. The number of hydrogen-bond acceptors (Lipinski definition) is 7. The van der Waals surface area contributed by atoms with E-state index < -0.39 is 11.9 Å². The number of rotatable bonds is 12. The number of hydrogen-bond donors (Lipinski definition) is 4. The summed E-state index contributed by atoms with van der Waals surface area (Å²) in [5.41, 5.74) is 8.05. The fraction of sp³-hybridized carbons (Fsp3) is 0.531. The highest BCUT2D eigenvalue weighted by molar-refractivity contribution is 5.89. The first kappa shape index (κ1) is 44.6. The van der Waals surface area contributed by atoms with Crippen LogP contribution < -0.4 is 20.5 Å². The van der Waals surface area contributed by atoms with E-state index in [4.69, 9.17) is 25.4 Å². The maximum atomic E-state index is 10.9. The minimum absolute atomic E-state index is 0. The van der Waals surface area contributed by atoms with Gasteiger partial charge in [-0.3, -0.25) is 14.4 Å². The van der Waals surface area contributed by atoms with Gasteiger partial charge in [0.1, 0.15) is 17.8 Å². The van der Waals surface area contributed by atoms with E-state index in [-0.39, 0.29) is 26.8 Å². The Bertz CT molecular complexity index is 1930. The summed E-state index contributed by atoms with van der Waals surface area (Å²) < 4.78 is 12.6. The third-order valence-corrected chi connectivity index (χ3v) is 13.0. The molecule has 314 valence electrons. The second-order valence-corrected chi connectivity index (χ2v) is 17.0. The fourth-order valence-corrected chi connectivity index (χ4v) is 9.67. The van der Waals surface area contributed by atoms with Crippen molar-refractivity contribution in [2.45, 2.75) is 142 Å². The van der Waals surface area contributed by atoms with Crippen molar-refractivity contribution < 1.29 is 34.1 Å². The van der Waals surface area contributed by atoms with Gasteiger partial charge in [-0.25, -0.2) is 0 Å². The second kappa shape index (κ2) is 21.5. The summed E-state index contributed by atoms with van der Waals surface area (Å²) in [6.45, 7) is 1.41. The Morgan fingerprint density at radius 3 is 1.53 bits per heavy atom. The van der Waals surface area contributed by atoms with Gasteiger partial charge in [-0.1, -0.05) is 69.5 Å². The van der Waals surface area contributed by atoms with Crippen molar-refractivity contribution in [3.05, 3.63) is 83.9 Å². The predicted molar refractivity (Wildman–Crippen MR) is 233 cm³/mol. The number of benzene rings is 4. The number of nitrogens with one attached hydrogen (secondary N) is 1. The van der Waals surface area contributed by atoms with Gasteiger partial charge in [-0.05, 0) is 151 Å². The van der Waals surface area contributed by atoms with Crippen molar-refractivity contribution in [1.29, 1.82) is 0 Å². The van der Waals surface area contributed by atoms with Crippen LogP contribution in [0, 0.1) is 10.8 Å². The zero-order valence-corrected chi connectivity index (χ0v) is 33.5. The fourth-order valence-electron chi connectivity index (χ4n) is 9.67. The van der Waals surface area contributed by atoms with Crippen molar-refractivity contribution in [2.24, 2.45) is 16.6 Å². The molecule has 9 nitrogen and oxygen atoms in total. The summed E-state index contributed by atoms with van der Waals surface area (Å²) in [5, 5.41) is 24.3. The Kier molecular flexibility index (Phi) is 16.6. The summed E-state index contributed by atoms with van der Waals surface area (Å²) in [6.07, 6.45) is 23.4. The highest BCUT2D eigenvalue weighted by Gasteiger charge is 2.39. The van der Waals surface area contributed by atoms with E-state index in [0.29, 0.717) is 36.1 Å². The van der Waals surface area contributed by atoms with Crippen LogP contribution in [-0.2, 0) is 16.1 Å². The minimum Gasteiger partial charge on any atom is -0.490 e.